The second-order valence-electron chi connectivity index (χ2n) is 12.1. The standard InChI is InChI=1S/C32H43FN4O4/c1-7-36(21(4)5)31(38)27-15-24(33)8-9-25(27)26-14-23(17-37-22(6)34-16-29(26)37)32(39)18-35(19-32)28(20(2)3)10-11-30-40-12-13-41-30/h8-9,14-17,20-21,28,30,39H,7,10-13,18-19H2,1-6H3/t28-/m0/s1. The van der Waals surface area contributed by atoms with Crippen LogP contribution in [-0.4, -0.2) is 81.4 Å². The number of β-amino-alcohol motifs (C(OH)–C–C–N with tert-alkyl or cyclic N) is 1. The number of imidazole rings is 1. The summed E-state index contributed by atoms with van der Waals surface area (Å²) in [5.74, 6) is 0.493. The molecule has 222 valence electrons. The number of rotatable bonds is 10. The van der Waals surface area contributed by atoms with Crippen LogP contribution in [0.2, 0.25) is 0 Å². The van der Waals surface area contributed by atoms with Gasteiger partial charge in [-0.25, -0.2) is 9.37 Å². The summed E-state index contributed by atoms with van der Waals surface area (Å²) in [5, 5.41) is 11.9. The van der Waals surface area contributed by atoms with Crippen molar-refractivity contribution in [1.29, 1.82) is 0 Å². The molecule has 5 rings (SSSR count). The monoisotopic (exact) mass is 566 g/mol. The van der Waals surface area contributed by atoms with Gasteiger partial charge in [0, 0.05) is 49.0 Å². The molecule has 0 aliphatic carbocycles. The summed E-state index contributed by atoms with van der Waals surface area (Å²) in [6, 6.07) is 6.58. The van der Waals surface area contributed by atoms with E-state index in [0.29, 0.717) is 55.9 Å². The summed E-state index contributed by atoms with van der Waals surface area (Å²) >= 11 is 0. The molecule has 0 radical (unpaired) electrons. The third kappa shape index (κ3) is 5.78. The van der Waals surface area contributed by atoms with Crippen LogP contribution < -0.4 is 0 Å². The number of likely N-dealkylation sites (tertiary alicyclic amines) is 1. The quantitative estimate of drug-likeness (QED) is 0.372. The van der Waals surface area contributed by atoms with Gasteiger partial charge in [-0.3, -0.25) is 9.69 Å². The molecule has 3 aromatic rings. The number of amides is 1. The number of aliphatic hydroxyl groups is 1. The minimum absolute atomic E-state index is 0.0328. The van der Waals surface area contributed by atoms with Crippen LogP contribution in [0.1, 0.15) is 69.2 Å². The highest BCUT2D eigenvalue weighted by Crippen LogP contribution is 2.40. The zero-order valence-electron chi connectivity index (χ0n) is 25.1. The van der Waals surface area contributed by atoms with Crippen LogP contribution in [0.25, 0.3) is 16.6 Å². The molecule has 0 unspecified atom stereocenters. The van der Waals surface area contributed by atoms with Gasteiger partial charge in [0.25, 0.3) is 5.91 Å². The number of pyridine rings is 1. The molecule has 9 heteroatoms. The number of hydrogen-bond donors (Lipinski definition) is 1. The molecule has 1 atom stereocenters. The number of nitrogens with zero attached hydrogens (tertiary/aromatic N) is 4. The van der Waals surface area contributed by atoms with Crippen LogP contribution in [-0.2, 0) is 15.1 Å². The lowest BCUT2D eigenvalue weighted by atomic mass is 9.82. The first-order valence-electron chi connectivity index (χ1n) is 14.8. The SMILES string of the molecule is CCN(C(=O)c1cc(F)ccc1-c1cc(C2(O)CN([C@@H](CCC3OCCO3)C(C)C)C2)cn2c(C)ncc12)C(C)C. The fourth-order valence-electron chi connectivity index (χ4n) is 6.38. The van der Waals surface area contributed by atoms with E-state index >= 15 is 0 Å². The first-order valence-corrected chi connectivity index (χ1v) is 14.8. The molecule has 1 aromatic carbocycles. The van der Waals surface area contributed by atoms with Gasteiger partial charge < -0.3 is 23.9 Å². The largest absolute Gasteiger partial charge is 0.382 e. The van der Waals surface area contributed by atoms with Gasteiger partial charge in [-0.05, 0) is 70.2 Å². The molecule has 2 aromatic heterocycles. The highest BCUT2D eigenvalue weighted by molar-refractivity contribution is 6.03. The number of carbonyl (C=O) groups is 1. The molecular formula is C32H43FN4O4. The molecule has 8 nitrogen and oxygen atoms in total. The fourth-order valence-corrected chi connectivity index (χ4v) is 6.38. The minimum atomic E-state index is -1.06. The number of benzene rings is 1. The lowest BCUT2D eigenvalue weighted by Crippen LogP contribution is -2.63. The minimum Gasteiger partial charge on any atom is -0.382 e. The molecule has 2 aliphatic rings. The van der Waals surface area contributed by atoms with Crippen molar-refractivity contribution in [2.24, 2.45) is 5.92 Å². The maximum Gasteiger partial charge on any atom is 0.254 e. The van der Waals surface area contributed by atoms with E-state index in [9.17, 15) is 14.3 Å². The van der Waals surface area contributed by atoms with Crippen molar-refractivity contribution < 1.29 is 23.8 Å². The van der Waals surface area contributed by atoms with E-state index < -0.39 is 11.4 Å². The molecule has 0 bridgehead atoms. The Labute approximate surface area is 242 Å². The summed E-state index contributed by atoms with van der Waals surface area (Å²) in [4.78, 5) is 22.2. The maximum atomic E-state index is 14.5. The molecule has 0 spiro atoms. The van der Waals surface area contributed by atoms with E-state index in [1.54, 1.807) is 17.2 Å². The number of fused-ring (bicyclic) bond motifs is 1. The second kappa shape index (κ2) is 11.8. The molecule has 0 saturated carbocycles. The second-order valence-corrected chi connectivity index (χ2v) is 12.1. The van der Waals surface area contributed by atoms with Crippen molar-refractivity contribution >= 4 is 11.4 Å². The average molecular weight is 567 g/mol. The molecule has 2 fully saturated rings. The Morgan fingerprint density at radius 1 is 1.17 bits per heavy atom. The Morgan fingerprint density at radius 3 is 2.51 bits per heavy atom. The highest BCUT2D eigenvalue weighted by Gasteiger charge is 2.46. The lowest BCUT2D eigenvalue weighted by molar-refractivity contribution is -0.133. The van der Waals surface area contributed by atoms with E-state index in [1.165, 1.54) is 12.1 Å². The van der Waals surface area contributed by atoms with Crippen LogP contribution in [0.4, 0.5) is 4.39 Å². The van der Waals surface area contributed by atoms with E-state index in [2.05, 4.69) is 23.7 Å². The van der Waals surface area contributed by atoms with Gasteiger partial charge in [0.15, 0.2) is 6.29 Å². The number of aromatic nitrogens is 2. The maximum absolute atomic E-state index is 14.5. The molecule has 41 heavy (non-hydrogen) atoms. The van der Waals surface area contributed by atoms with Crippen molar-refractivity contribution in [2.75, 3.05) is 32.8 Å². The predicted molar refractivity (Wildman–Crippen MR) is 156 cm³/mol. The van der Waals surface area contributed by atoms with Gasteiger partial charge in [-0.2, -0.15) is 0 Å². The number of hydrogen-bond acceptors (Lipinski definition) is 6. The average Bonchev–Trinajstić information content (AvgIpc) is 3.57. The summed E-state index contributed by atoms with van der Waals surface area (Å²) in [5.41, 5.74) is 2.16. The summed E-state index contributed by atoms with van der Waals surface area (Å²) < 4.78 is 27.8. The summed E-state index contributed by atoms with van der Waals surface area (Å²) in [6.45, 7) is 15.0. The lowest BCUT2D eigenvalue weighted by Gasteiger charge is -2.51. The molecule has 1 amide bonds. The van der Waals surface area contributed by atoms with Crippen molar-refractivity contribution in [3.8, 4) is 11.1 Å². The first kappa shape index (κ1) is 29.6. The van der Waals surface area contributed by atoms with Crippen molar-refractivity contribution in [3.63, 3.8) is 0 Å². The molecule has 1 N–H and O–H groups in total. The van der Waals surface area contributed by atoms with Crippen LogP contribution in [0, 0.1) is 18.7 Å². The Morgan fingerprint density at radius 2 is 1.88 bits per heavy atom. The topological polar surface area (TPSA) is 79.5 Å². The molecule has 2 saturated heterocycles. The Bertz CT molecular complexity index is 1390. The molecular weight excluding hydrogens is 523 g/mol. The third-order valence-electron chi connectivity index (χ3n) is 8.65. The van der Waals surface area contributed by atoms with Gasteiger partial charge in [0.2, 0.25) is 0 Å². The van der Waals surface area contributed by atoms with Crippen LogP contribution in [0.3, 0.4) is 0 Å². The van der Waals surface area contributed by atoms with E-state index in [-0.39, 0.29) is 18.2 Å². The predicted octanol–water partition coefficient (Wildman–Crippen LogP) is 5.00. The third-order valence-corrected chi connectivity index (χ3v) is 8.65. The number of aryl methyl sites for hydroxylation is 1. The van der Waals surface area contributed by atoms with Gasteiger partial charge in [0.1, 0.15) is 17.2 Å². The van der Waals surface area contributed by atoms with Crippen molar-refractivity contribution in [1.82, 2.24) is 19.2 Å². The normalized spacial score (nSPS) is 18.4. The number of ether oxygens (including phenoxy) is 2. The Balaban J connectivity index is 1.49. The molecule has 2 aliphatic heterocycles. The van der Waals surface area contributed by atoms with Crippen LogP contribution >= 0.6 is 0 Å². The fraction of sp³-hybridized carbons (Fsp3) is 0.562. The summed E-state index contributed by atoms with van der Waals surface area (Å²) in [6.07, 6.45) is 5.33. The molecule has 4 heterocycles. The van der Waals surface area contributed by atoms with E-state index in [1.807, 2.05) is 44.4 Å². The van der Waals surface area contributed by atoms with E-state index in [0.717, 1.165) is 35.3 Å². The summed E-state index contributed by atoms with van der Waals surface area (Å²) in [7, 11) is 0. The van der Waals surface area contributed by atoms with Gasteiger partial charge in [-0.1, -0.05) is 19.9 Å². The van der Waals surface area contributed by atoms with E-state index in [4.69, 9.17) is 9.47 Å². The van der Waals surface area contributed by atoms with Gasteiger partial charge >= 0.3 is 0 Å². The Hall–Kier alpha value is -2.85. The van der Waals surface area contributed by atoms with Crippen LogP contribution in [0.15, 0.2) is 36.7 Å². The number of halogens is 1. The smallest absolute Gasteiger partial charge is 0.254 e. The highest BCUT2D eigenvalue weighted by atomic mass is 19.1. The van der Waals surface area contributed by atoms with Gasteiger partial charge in [0.05, 0.1) is 30.5 Å². The number of carbonyl (C=O) groups excluding carboxylic acids is 1. The zero-order chi connectivity index (χ0) is 29.5. The zero-order valence-corrected chi connectivity index (χ0v) is 25.1. The Kier molecular flexibility index (Phi) is 8.53. The van der Waals surface area contributed by atoms with Gasteiger partial charge in [-0.15, -0.1) is 0 Å². The van der Waals surface area contributed by atoms with Crippen molar-refractivity contribution in [2.45, 2.75) is 78.4 Å². The van der Waals surface area contributed by atoms with Crippen LogP contribution in [0.5, 0.6) is 0 Å². The first-order chi connectivity index (χ1) is 19.5. The van der Waals surface area contributed by atoms with Crippen molar-refractivity contribution in [3.05, 3.63) is 59.4 Å².